The fourth-order valence-corrected chi connectivity index (χ4v) is 3.27. The molecule has 0 radical (unpaired) electrons. The van der Waals surface area contributed by atoms with Crippen molar-refractivity contribution in [1.82, 2.24) is 4.57 Å². The van der Waals surface area contributed by atoms with Crippen LogP contribution in [0.15, 0.2) is 24.4 Å². The zero-order valence-corrected chi connectivity index (χ0v) is 14.8. The van der Waals surface area contributed by atoms with Gasteiger partial charge in [0, 0.05) is 30.5 Å². The molecule has 2 heterocycles. The number of carbonyl (C=O) groups excluding carboxylic acids is 2. The van der Waals surface area contributed by atoms with Gasteiger partial charge in [-0.15, -0.1) is 0 Å². The summed E-state index contributed by atoms with van der Waals surface area (Å²) < 4.78 is 6.35. The lowest BCUT2D eigenvalue weighted by Crippen LogP contribution is -2.35. The molecular formula is C19H20N4O3. The van der Waals surface area contributed by atoms with Crippen LogP contribution >= 0.6 is 0 Å². The number of anilines is 2. The van der Waals surface area contributed by atoms with E-state index >= 15 is 0 Å². The molecule has 2 aromatic rings. The summed E-state index contributed by atoms with van der Waals surface area (Å²) in [6, 6.07) is 7.51. The highest BCUT2D eigenvalue weighted by atomic mass is 16.5. The summed E-state index contributed by atoms with van der Waals surface area (Å²) in [7, 11) is 1.27. The van der Waals surface area contributed by atoms with E-state index in [9.17, 15) is 14.9 Å². The number of methoxy groups -OCH3 is 1. The van der Waals surface area contributed by atoms with Gasteiger partial charge >= 0.3 is 5.97 Å². The van der Waals surface area contributed by atoms with Crippen LogP contribution in [-0.2, 0) is 9.53 Å². The number of rotatable bonds is 3. The van der Waals surface area contributed by atoms with E-state index in [-0.39, 0.29) is 22.9 Å². The van der Waals surface area contributed by atoms with Crippen molar-refractivity contribution < 1.29 is 14.3 Å². The number of nitriles is 1. The highest BCUT2D eigenvalue weighted by molar-refractivity contribution is 5.96. The Morgan fingerprint density at radius 2 is 2.12 bits per heavy atom. The van der Waals surface area contributed by atoms with E-state index in [1.165, 1.54) is 13.3 Å². The van der Waals surface area contributed by atoms with Crippen LogP contribution in [-0.4, -0.2) is 30.1 Å². The molecule has 1 aliphatic heterocycles. The molecule has 1 fully saturated rings. The summed E-state index contributed by atoms with van der Waals surface area (Å²) in [6.07, 6.45) is 3.99. The van der Waals surface area contributed by atoms with Gasteiger partial charge in [0.15, 0.2) is 5.69 Å². The molecular weight excluding hydrogens is 332 g/mol. The van der Waals surface area contributed by atoms with Gasteiger partial charge in [0.1, 0.15) is 6.07 Å². The number of carbonyl (C=O) groups is 2. The van der Waals surface area contributed by atoms with Crippen LogP contribution in [0.2, 0.25) is 0 Å². The number of esters is 1. The van der Waals surface area contributed by atoms with Crippen molar-refractivity contribution in [3.05, 3.63) is 41.2 Å². The van der Waals surface area contributed by atoms with Gasteiger partial charge < -0.3 is 19.9 Å². The minimum Gasteiger partial charge on any atom is -0.464 e. The average Bonchev–Trinajstić information content (AvgIpc) is 2.98. The number of benzene rings is 1. The first-order chi connectivity index (χ1) is 12.5. The van der Waals surface area contributed by atoms with Gasteiger partial charge in [0.2, 0.25) is 5.91 Å². The Labute approximate surface area is 151 Å². The smallest absolute Gasteiger partial charge is 0.357 e. The van der Waals surface area contributed by atoms with E-state index in [4.69, 9.17) is 10.5 Å². The fraction of sp³-hybridized carbons (Fsp3) is 0.316. The zero-order valence-electron chi connectivity index (χ0n) is 14.8. The lowest BCUT2D eigenvalue weighted by Gasteiger charge is -2.28. The number of piperidine rings is 1. The second-order valence-electron chi connectivity index (χ2n) is 6.25. The highest BCUT2D eigenvalue weighted by Crippen LogP contribution is 2.29. The van der Waals surface area contributed by atoms with Crippen molar-refractivity contribution >= 4 is 23.3 Å². The van der Waals surface area contributed by atoms with Crippen LogP contribution in [0.4, 0.5) is 11.4 Å². The molecule has 0 bridgehead atoms. The van der Waals surface area contributed by atoms with Crippen LogP contribution in [0.3, 0.4) is 0 Å². The van der Waals surface area contributed by atoms with Crippen molar-refractivity contribution in [2.24, 2.45) is 0 Å². The van der Waals surface area contributed by atoms with Crippen molar-refractivity contribution in [3.8, 4) is 11.8 Å². The summed E-state index contributed by atoms with van der Waals surface area (Å²) in [5.41, 5.74) is 8.78. The Hall–Kier alpha value is -3.27. The molecule has 1 aliphatic rings. The number of hydrogen-bond donors (Lipinski definition) is 1. The molecule has 1 saturated heterocycles. The summed E-state index contributed by atoms with van der Waals surface area (Å²) >= 11 is 0. The van der Waals surface area contributed by atoms with E-state index in [1.807, 2.05) is 25.1 Å². The molecule has 0 spiro atoms. The number of ether oxygens (including phenoxy) is 1. The first-order valence-corrected chi connectivity index (χ1v) is 8.38. The Morgan fingerprint density at radius 1 is 1.35 bits per heavy atom. The molecule has 7 nitrogen and oxygen atoms in total. The van der Waals surface area contributed by atoms with Crippen molar-refractivity contribution in [3.63, 3.8) is 0 Å². The number of aromatic nitrogens is 1. The topological polar surface area (TPSA) is 101 Å². The Morgan fingerprint density at radius 3 is 2.73 bits per heavy atom. The van der Waals surface area contributed by atoms with Gasteiger partial charge in [0.05, 0.1) is 18.4 Å². The second kappa shape index (κ2) is 6.92. The minimum atomic E-state index is -0.614. The minimum absolute atomic E-state index is 0.0901. The van der Waals surface area contributed by atoms with Crippen LogP contribution in [0, 0.1) is 18.3 Å². The summed E-state index contributed by atoms with van der Waals surface area (Å²) in [5, 5.41) is 9.22. The van der Waals surface area contributed by atoms with Crippen molar-refractivity contribution in [2.45, 2.75) is 26.2 Å². The quantitative estimate of drug-likeness (QED) is 0.855. The first kappa shape index (κ1) is 17.5. The Balaban J connectivity index is 2.06. The molecule has 0 saturated carbocycles. The molecule has 0 atom stereocenters. The third-order valence-electron chi connectivity index (χ3n) is 4.62. The van der Waals surface area contributed by atoms with E-state index in [0.717, 1.165) is 24.1 Å². The number of aryl methyl sites for hydroxylation is 1. The molecule has 1 amide bonds. The SMILES string of the molecule is COC(=O)c1c(N)c(C#N)cn1-c1ccc(N2CCCCC2=O)c(C)c1. The van der Waals surface area contributed by atoms with E-state index in [2.05, 4.69) is 0 Å². The zero-order chi connectivity index (χ0) is 18.8. The molecule has 1 aromatic carbocycles. The molecule has 0 unspecified atom stereocenters. The molecule has 2 N–H and O–H groups in total. The highest BCUT2D eigenvalue weighted by Gasteiger charge is 2.24. The predicted octanol–water partition coefficient (Wildman–Crippen LogP) is 2.54. The number of hydrogen-bond acceptors (Lipinski definition) is 5. The molecule has 7 heteroatoms. The lowest BCUT2D eigenvalue weighted by molar-refractivity contribution is -0.119. The van der Waals surface area contributed by atoms with Crippen LogP contribution < -0.4 is 10.6 Å². The number of amides is 1. The lowest BCUT2D eigenvalue weighted by atomic mass is 10.1. The number of nitrogens with two attached hydrogens (primary N) is 1. The molecule has 134 valence electrons. The van der Waals surface area contributed by atoms with E-state index < -0.39 is 5.97 Å². The summed E-state index contributed by atoms with van der Waals surface area (Å²) in [5.74, 6) is -0.490. The Bertz CT molecular complexity index is 924. The van der Waals surface area contributed by atoms with Crippen molar-refractivity contribution in [1.29, 1.82) is 5.26 Å². The largest absolute Gasteiger partial charge is 0.464 e. The number of nitrogen functional groups attached to an aromatic ring is 1. The molecule has 26 heavy (non-hydrogen) atoms. The van der Waals surface area contributed by atoms with Gasteiger partial charge in [-0.3, -0.25) is 4.79 Å². The fourth-order valence-electron chi connectivity index (χ4n) is 3.27. The Kier molecular flexibility index (Phi) is 4.67. The second-order valence-corrected chi connectivity index (χ2v) is 6.25. The summed E-state index contributed by atoms with van der Waals surface area (Å²) in [6.45, 7) is 2.62. The van der Waals surface area contributed by atoms with Crippen LogP contribution in [0.5, 0.6) is 0 Å². The van der Waals surface area contributed by atoms with Crippen molar-refractivity contribution in [2.75, 3.05) is 24.3 Å². The van der Waals surface area contributed by atoms with Gasteiger partial charge in [-0.25, -0.2) is 4.79 Å². The van der Waals surface area contributed by atoms with Gasteiger partial charge in [-0.2, -0.15) is 5.26 Å². The normalized spacial score (nSPS) is 14.2. The van der Waals surface area contributed by atoms with Gasteiger partial charge in [-0.05, 0) is 43.5 Å². The van der Waals surface area contributed by atoms with Gasteiger partial charge in [-0.1, -0.05) is 0 Å². The summed E-state index contributed by atoms with van der Waals surface area (Å²) in [4.78, 5) is 26.1. The maximum absolute atomic E-state index is 12.2. The molecule has 0 aliphatic carbocycles. The monoisotopic (exact) mass is 352 g/mol. The standard InChI is InChI=1S/C19H20N4O3/c1-12-9-14(6-7-15(12)22-8-4-3-5-16(22)24)23-11-13(10-20)17(21)18(23)19(25)26-2/h6-7,9,11H,3-5,8,21H2,1-2H3. The van der Waals surface area contributed by atoms with Gasteiger partial charge in [0.25, 0.3) is 0 Å². The average molecular weight is 352 g/mol. The maximum atomic E-state index is 12.2. The van der Waals surface area contributed by atoms with E-state index in [1.54, 1.807) is 15.5 Å². The van der Waals surface area contributed by atoms with E-state index in [0.29, 0.717) is 18.7 Å². The molecule has 1 aromatic heterocycles. The predicted molar refractivity (Wildman–Crippen MR) is 97.2 cm³/mol. The third-order valence-corrected chi connectivity index (χ3v) is 4.62. The number of nitrogens with zero attached hydrogens (tertiary/aromatic N) is 3. The maximum Gasteiger partial charge on any atom is 0.357 e. The van der Waals surface area contributed by atoms with Crippen LogP contribution in [0.25, 0.3) is 5.69 Å². The molecule has 3 rings (SSSR count). The third kappa shape index (κ3) is 2.90. The first-order valence-electron chi connectivity index (χ1n) is 8.38. The van der Waals surface area contributed by atoms with Crippen LogP contribution in [0.1, 0.15) is 40.9 Å².